The molecule has 1 aromatic heterocycles. The highest BCUT2D eigenvalue weighted by Crippen LogP contribution is 2.31. The summed E-state index contributed by atoms with van der Waals surface area (Å²) in [5.41, 5.74) is 3.91. The lowest BCUT2D eigenvalue weighted by atomic mass is 10.0. The topological polar surface area (TPSA) is 59.4 Å². The van der Waals surface area contributed by atoms with Crippen LogP contribution in [-0.2, 0) is 11.8 Å². The summed E-state index contributed by atoms with van der Waals surface area (Å²) in [5.74, 6) is 0.883. The Bertz CT molecular complexity index is 782. The molecule has 1 aromatic carbocycles. The summed E-state index contributed by atoms with van der Waals surface area (Å²) in [6.45, 7) is 5.23. The summed E-state index contributed by atoms with van der Waals surface area (Å²) in [4.78, 5) is 15.1. The van der Waals surface area contributed by atoms with Gasteiger partial charge in [-0.05, 0) is 50.9 Å². The smallest absolute Gasteiger partial charge is 0.238 e. The fourth-order valence-corrected chi connectivity index (χ4v) is 3.88. The summed E-state index contributed by atoms with van der Waals surface area (Å²) >= 11 is 0. The third-order valence-corrected chi connectivity index (χ3v) is 5.48. The van der Waals surface area contributed by atoms with Crippen molar-refractivity contribution in [3.05, 3.63) is 41.2 Å². The molecular weight excluding hydrogens is 340 g/mol. The Morgan fingerprint density at radius 3 is 2.59 bits per heavy atom. The minimum absolute atomic E-state index is 0.0228. The summed E-state index contributed by atoms with van der Waals surface area (Å²) in [6, 6.07) is 8.51. The Morgan fingerprint density at radius 1 is 1.22 bits per heavy atom. The van der Waals surface area contributed by atoms with Crippen molar-refractivity contribution in [3.63, 3.8) is 0 Å². The SMILES string of the molecule is COc1ccc([C@@H]2CCCCCN2CC(=O)Nc2c(C)nn(C)c2C)cc1. The minimum atomic E-state index is 0.0228. The normalized spacial score (nSPS) is 18.1. The molecule has 2 aromatic rings. The molecule has 0 radical (unpaired) electrons. The van der Waals surface area contributed by atoms with Gasteiger partial charge < -0.3 is 10.1 Å². The van der Waals surface area contributed by atoms with Crippen LogP contribution in [0.15, 0.2) is 24.3 Å². The maximum absolute atomic E-state index is 12.8. The van der Waals surface area contributed by atoms with E-state index in [0.29, 0.717) is 6.54 Å². The number of ether oxygens (including phenoxy) is 1. The summed E-state index contributed by atoms with van der Waals surface area (Å²) in [6.07, 6.45) is 4.61. The number of carbonyl (C=O) groups excluding carboxylic acids is 1. The first-order chi connectivity index (χ1) is 13.0. The Kier molecular flexibility index (Phi) is 6.16. The maximum atomic E-state index is 12.8. The van der Waals surface area contributed by atoms with Gasteiger partial charge in [-0.15, -0.1) is 0 Å². The van der Waals surface area contributed by atoms with E-state index in [1.165, 1.54) is 18.4 Å². The zero-order chi connectivity index (χ0) is 19.4. The second kappa shape index (κ2) is 8.57. The van der Waals surface area contributed by atoms with Gasteiger partial charge in [-0.3, -0.25) is 14.4 Å². The predicted octanol–water partition coefficient (Wildman–Crippen LogP) is 3.60. The number of amides is 1. The van der Waals surface area contributed by atoms with Crippen LogP contribution in [-0.4, -0.2) is 40.8 Å². The van der Waals surface area contributed by atoms with Crippen LogP contribution in [0.1, 0.15) is 48.7 Å². The molecule has 1 atom stereocenters. The van der Waals surface area contributed by atoms with Crippen molar-refractivity contribution in [3.8, 4) is 5.75 Å². The second-order valence-corrected chi connectivity index (χ2v) is 7.33. The van der Waals surface area contributed by atoms with E-state index < -0.39 is 0 Å². The van der Waals surface area contributed by atoms with Crippen LogP contribution in [0.3, 0.4) is 0 Å². The van der Waals surface area contributed by atoms with E-state index in [9.17, 15) is 4.79 Å². The number of benzene rings is 1. The molecule has 1 aliphatic rings. The molecule has 1 saturated heterocycles. The van der Waals surface area contributed by atoms with E-state index in [0.717, 1.165) is 42.2 Å². The lowest BCUT2D eigenvalue weighted by molar-refractivity contribution is -0.117. The quantitative estimate of drug-likeness (QED) is 0.874. The standard InChI is InChI=1S/C21H30N4O2/c1-15-21(16(2)24(3)23-15)22-20(26)14-25-13-7-5-6-8-19(25)17-9-11-18(27-4)12-10-17/h9-12,19H,5-8,13-14H2,1-4H3,(H,22,26)/t19-/m0/s1. The molecule has 1 N–H and O–H groups in total. The molecule has 0 saturated carbocycles. The fourth-order valence-electron chi connectivity index (χ4n) is 3.88. The third-order valence-electron chi connectivity index (χ3n) is 5.48. The van der Waals surface area contributed by atoms with Gasteiger partial charge in [0.05, 0.1) is 30.7 Å². The van der Waals surface area contributed by atoms with E-state index in [2.05, 4.69) is 27.4 Å². The summed E-state index contributed by atoms with van der Waals surface area (Å²) < 4.78 is 7.08. The molecule has 6 nitrogen and oxygen atoms in total. The number of rotatable bonds is 5. The maximum Gasteiger partial charge on any atom is 0.238 e. The van der Waals surface area contributed by atoms with Crippen molar-refractivity contribution < 1.29 is 9.53 Å². The number of hydrogen-bond acceptors (Lipinski definition) is 4. The van der Waals surface area contributed by atoms with Crippen LogP contribution < -0.4 is 10.1 Å². The molecule has 0 aliphatic carbocycles. The third kappa shape index (κ3) is 4.50. The number of nitrogens with zero attached hydrogens (tertiary/aromatic N) is 3. The molecule has 0 bridgehead atoms. The number of anilines is 1. The van der Waals surface area contributed by atoms with E-state index in [-0.39, 0.29) is 11.9 Å². The first kappa shape index (κ1) is 19.4. The summed E-state index contributed by atoms with van der Waals surface area (Å²) in [5, 5.41) is 7.45. The van der Waals surface area contributed by atoms with Crippen LogP contribution in [0, 0.1) is 13.8 Å². The molecule has 2 heterocycles. The first-order valence-electron chi connectivity index (χ1n) is 9.67. The molecular formula is C21H30N4O2. The number of likely N-dealkylation sites (tertiary alicyclic amines) is 1. The number of carbonyl (C=O) groups is 1. The van der Waals surface area contributed by atoms with Crippen LogP contribution in [0.4, 0.5) is 5.69 Å². The Morgan fingerprint density at radius 2 is 1.96 bits per heavy atom. The molecule has 1 fully saturated rings. The van der Waals surface area contributed by atoms with Crippen LogP contribution in [0.5, 0.6) is 5.75 Å². The number of aryl methyl sites for hydroxylation is 2. The van der Waals surface area contributed by atoms with Crippen molar-refractivity contribution in [2.45, 2.75) is 45.6 Å². The Hall–Kier alpha value is -2.34. The average molecular weight is 370 g/mol. The van der Waals surface area contributed by atoms with E-state index >= 15 is 0 Å². The van der Waals surface area contributed by atoms with Gasteiger partial charge in [-0.2, -0.15) is 5.10 Å². The highest BCUT2D eigenvalue weighted by molar-refractivity contribution is 5.93. The van der Waals surface area contributed by atoms with Gasteiger partial charge in [0.25, 0.3) is 0 Å². The van der Waals surface area contributed by atoms with Crippen molar-refractivity contribution in [1.82, 2.24) is 14.7 Å². The Labute approximate surface area is 161 Å². The van der Waals surface area contributed by atoms with Gasteiger partial charge in [0.1, 0.15) is 5.75 Å². The number of nitrogens with one attached hydrogen (secondary N) is 1. The molecule has 1 amide bonds. The van der Waals surface area contributed by atoms with Crippen LogP contribution in [0.2, 0.25) is 0 Å². The monoisotopic (exact) mass is 370 g/mol. The molecule has 0 unspecified atom stereocenters. The molecule has 27 heavy (non-hydrogen) atoms. The molecule has 6 heteroatoms. The van der Waals surface area contributed by atoms with Crippen molar-refractivity contribution in [1.29, 1.82) is 0 Å². The van der Waals surface area contributed by atoms with Gasteiger partial charge in [-0.1, -0.05) is 25.0 Å². The predicted molar refractivity (Wildman–Crippen MR) is 107 cm³/mol. The zero-order valence-electron chi connectivity index (χ0n) is 16.8. The number of aromatic nitrogens is 2. The van der Waals surface area contributed by atoms with Crippen molar-refractivity contribution in [2.24, 2.45) is 7.05 Å². The second-order valence-electron chi connectivity index (χ2n) is 7.33. The van der Waals surface area contributed by atoms with Gasteiger partial charge in [0, 0.05) is 13.1 Å². The highest BCUT2D eigenvalue weighted by Gasteiger charge is 2.25. The molecule has 146 valence electrons. The van der Waals surface area contributed by atoms with Crippen LogP contribution in [0.25, 0.3) is 0 Å². The number of methoxy groups -OCH3 is 1. The first-order valence-corrected chi connectivity index (χ1v) is 9.67. The minimum Gasteiger partial charge on any atom is -0.497 e. The lowest BCUT2D eigenvalue weighted by Gasteiger charge is -2.29. The van der Waals surface area contributed by atoms with Crippen molar-refractivity contribution >= 4 is 11.6 Å². The Balaban J connectivity index is 1.73. The van der Waals surface area contributed by atoms with Gasteiger partial charge in [0.2, 0.25) is 5.91 Å². The average Bonchev–Trinajstić information content (AvgIpc) is 2.84. The zero-order valence-corrected chi connectivity index (χ0v) is 16.8. The van der Waals surface area contributed by atoms with Crippen LogP contribution >= 0.6 is 0 Å². The summed E-state index contributed by atoms with van der Waals surface area (Å²) in [7, 11) is 3.58. The van der Waals surface area contributed by atoms with Crippen molar-refractivity contribution in [2.75, 3.05) is 25.5 Å². The van der Waals surface area contributed by atoms with Gasteiger partial charge in [0.15, 0.2) is 0 Å². The molecule has 3 rings (SSSR count). The van der Waals surface area contributed by atoms with E-state index in [1.807, 2.05) is 33.0 Å². The molecule has 0 spiro atoms. The lowest BCUT2D eigenvalue weighted by Crippen LogP contribution is -2.36. The van der Waals surface area contributed by atoms with Gasteiger partial charge in [-0.25, -0.2) is 0 Å². The van der Waals surface area contributed by atoms with E-state index in [4.69, 9.17) is 4.74 Å². The largest absolute Gasteiger partial charge is 0.497 e. The van der Waals surface area contributed by atoms with E-state index in [1.54, 1.807) is 11.8 Å². The highest BCUT2D eigenvalue weighted by atomic mass is 16.5. The fraction of sp³-hybridized carbons (Fsp3) is 0.524. The van der Waals surface area contributed by atoms with Gasteiger partial charge >= 0.3 is 0 Å². The number of hydrogen-bond donors (Lipinski definition) is 1. The molecule has 1 aliphatic heterocycles.